The van der Waals surface area contributed by atoms with Crippen molar-refractivity contribution in [3.05, 3.63) is 6.33 Å². The maximum Gasteiger partial charge on any atom is 0.244 e. The van der Waals surface area contributed by atoms with Crippen molar-refractivity contribution in [3.63, 3.8) is 0 Å². The van der Waals surface area contributed by atoms with E-state index < -0.39 is 0 Å². The molecule has 2 heterocycles. The van der Waals surface area contributed by atoms with Crippen molar-refractivity contribution < 1.29 is 14.2 Å². The van der Waals surface area contributed by atoms with E-state index in [-0.39, 0.29) is 6.10 Å². The number of nitrogen functional groups attached to an aromatic ring is 1. The van der Waals surface area contributed by atoms with Gasteiger partial charge in [-0.3, -0.25) is 0 Å². The third-order valence-electron chi connectivity index (χ3n) is 2.68. The highest BCUT2D eigenvalue weighted by Crippen LogP contribution is 2.26. The molecular formula is C11H17N3O3. The van der Waals surface area contributed by atoms with Gasteiger partial charge in [-0.25, -0.2) is 0 Å². The predicted molar refractivity (Wildman–Crippen MR) is 62.1 cm³/mol. The van der Waals surface area contributed by atoms with Crippen LogP contribution in [0.2, 0.25) is 0 Å². The molecule has 1 unspecified atom stereocenters. The normalized spacial score (nSPS) is 19.9. The summed E-state index contributed by atoms with van der Waals surface area (Å²) in [6.45, 7) is 1.26. The van der Waals surface area contributed by atoms with Crippen molar-refractivity contribution in [1.29, 1.82) is 0 Å². The van der Waals surface area contributed by atoms with Crippen LogP contribution in [0.1, 0.15) is 19.3 Å². The fourth-order valence-electron chi connectivity index (χ4n) is 1.75. The van der Waals surface area contributed by atoms with Crippen LogP contribution in [-0.2, 0) is 4.74 Å². The molecule has 1 aromatic heterocycles. The van der Waals surface area contributed by atoms with Crippen LogP contribution in [0.4, 0.5) is 5.69 Å². The van der Waals surface area contributed by atoms with Gasteiger partial charge in [-0.2, -0.15) is 9.97 Å². The first-order valence-corrected chi connectivity index (χ1v) is 5.70. The first-order valence-electron chi connectivity index (χ1n) is 5.70. The summed E-state index contributed by atoms with van der Waals surface area (Å²) in [4.78, 5) is 7.86. The van der Waals surface area contributed by atoms with Gasteiger partial charge < -0.3 is 19.9 Å². The lowest BCUT2D eigenvalue weighted by molar-refractivity contribution is -0.0118. The average Bonchev–Trinajstić information content (AvgIpc) is 2.39. The smallest absolute Gasteiger partial charge is 0.244 e. The second kappa shape index (κ2) is 5.67. The van der Waals surface area contributed by atoms with Crippen LogP contribution < -0.4 is 15.2 Å². The Hall–Kier alpha value is -1.56. The molecule has 1 aliphatic heterocycles. The minimum Gasteiger partial charge on any atom is -0.479 e. The molecule has 2 N–H and O–H groups in total. The van der Waals surface area contributed by atoms with E-state index in [9.17, 15) is 0 Å². The van der Waals surface area contributed by atoms with Crippen molar-refractivity contribution in [2.24, 2.45) is 0 Å². The van der Waals surface area contributed by atoms with Crippen molar-refractivity contribution in [2.45, 2.75) is 25.4 Å². The summed E-state index contributed by atoms with van der Waals surface area (Å²) >= 11 is 0. The van der Waals surface area contributed by atoms with Crippen molar-refractivity contribution in [2.75, 3.05) is 26.1 Å². The van der Waals surface area contributed by atoms with E-state index in [0.29, 0.717) is 24.1 Å². The molecule has 1 atom stereocenters. The Labute approximate surface area is 100 Å². The van der Waals surface area contributed by atoms with Crippen LogP contribution in [0.5, 0.6) is 11.8 Å². The van der Waals surface area contributed by atoms with Crippen LogP contribution >= 0.6 is 0 Å². The monoisotopic (exact) mass is 239 g/mol. The van der Waals surface area contributed by atoms with Gasteiger partial charge in [0, 0.05) is 6.61 Å². The summed E-state index contributed by atoms with van der Waals surface area (Å²) in [5.74, 6) is 0.686. The highest BCUT2D eigenvalue weighted by Gasteiger charge is 2.16. The fraction of sp³-hybridized carbons (Fsp3) is 0.636. The van der Waals surface area contributed by atoms with E-state index in [0.717, 1.165) is 19.4 Å². The number of nitrogens with zero attached hydrogens (tertiary/aromatic N) is 2. The zero-order valence-electron chi connectivity index (χ0n) is 9.89. The van der Waals surface area contributed by atoms with Gasteiger partial charge in [0.05, 0.1) is 13.2 Å². The Balaban J connectivity index is 1.93. The zero-order chi connectivity index (χ0) is 12.1. The van der Waals surface area contributed by atoms with Crippen LogP contribution in [0.15, 0.2) is 6.33 Å². The summed E-state index contributed by atoms with van der Waals surface area (Å²) in [5.41, 5.74) is 6.12. The second-order valence-corrected chi connectivity index (χ2v) is 3.90. The number of anilines is 1. The first-order chi connectivity index (χ1) is 8.31. The third kappa shape index (κ3) is 2.97. The van der Waals surface area contributed by atoms with Crippen LogP contribution in [0.3, 0.4) is 0 Å². The Bertz CT molecular complexity index is 367. The molecule has 0 aromatic carbocycles. The van der Waals surface area contributed by atoms with Gasteiger partial charge in [-0.15, -0.1) is 0 Å². The van der Waals surface area contributed by atoms with Gasteiger partial charge in [0.2, 0.25) is 11.8 Å². The SMILES string of the molecule is COc1ncnc(OCC2CCCCO2)c1N. The zero-order valence-corrected chi connectivity index (χ0v) is 9.89. The number of nitrogens with two attached hydrogens (primary N) is 1. The van der Waals surface area contributed by atoms with Crippen molar-refractivity contribution in [3.8, 4) is 11.8 Å². The van der Waals surface area contributed by atoms with E-state index >= 15 is 0 Å². The standard InChI is InChI=1S/C11H17N3O3/c1-15-10-9(12)11(14-7-13-10)17-6-8-4-2-3-5-16-8/h7-8H,2-6,12H2,1H3. The topological polar surface area (TPSA) is 79.5 Å². The lowest BCUT2D eigenvalue weighted by atomic mass is 10.1. The molecule has 17 heavy (non-hydrogen) atoms. The van der Waals surface area contributed by atoms with Crippen molar-refractivity contribution in [1.82, 2.24) is 9.97 Å². The van der Waals surface area contributed by atoms with Gasteiger partial charge in [0.1, 0.15) is 12.9 Å². The minimum atomic E-state index is 0.129. The maximum absolute atomic E-state index is 5.79. The summed E-state index contributed by atoms with van der Waals surface area (Å²) in [6.07, 6.45) is 4.81. The third-order valence-corrected chi connectivity index (χ3v) is 2.68. The first kappa shape index (κ1) is 11.9. The molecule has 0 radical (unpaired) electrons. The second-order valence-electron chi connectivity index (χ2n) is 3.90. The molecule has 1 fully saturated rings. The molecule has 0 spiro atoms. The van der Waals surface area contributed by atoms with Gasteiger partial charge >= 0.3 is 0 Å². The summed E-state index contributed by atoms with van der Waals surface area (Å²) in [6, 6.07) is 0. The van der Waals surface area contributed by atoms with Crippen LogP contribution in [0, 0.1) is 0 Å². The fourth-order valence-corrected chi connectivity index (χ4v) is 1.75. The number of hydrogen-bond acceptors (Lipinski definition) is 6. The molecule has 0 bridgehead atoms. The van der Waals surface area contributed by atoms with Crippen LogP contribution in [-0.4, -0.2) is 36.4 Å². The molecule has 0 aliphatic carbocycles. The minimum absolute atomic E-state index is 0.129. The molecule has 6 heteroatoms. The van der Waals surface area contributed by atoms with E-state index in [4.69, 9.17) is 19.9 Å². The van der Waals surface area contributed by atoms with E-state index in [1.165, 1.54) is 19.9 Å². The van der Waals surface area contributed by atoms with E-state index in [1.54, 1.807) is 0 Å². The number of methoxy groups -OCH3 is 1. The lowest BCUT2D eigenvalue weighted by Crippen LogP contribution is -2.26. The maximum atomic E-state index is 5.79. The Kier molecular flexibility index (Phi) is 3.98. The molecular weight excluding hydrogens is 222 g/mol. The largest absolute Gasteiger partial charge is 0.479 e. The van der Waals surface area contributed by atoms with E-state index in [2.05, 4.69) is 9.97 Å². The number of hydrogen-bond donors (Lipinski definition) is 1. The molecule has 0 amide bonds. The van der Waals surface area contributed by atoms with Gasteiger partial charge in [-0.05, 0) is 19.3 Å². The summed E-state index contributed by atoms with van der Waals surface area (Å²) in [7, 11) is 1.51. The highest BCUT2D eigenvalue weighted by atomic mass is 16.5. The average molecular weight is 239 g/mol. The molecule has 0 saturated carbocycles. The van der Waals surface area contributed by atoms with Gasteiger partial charge in [0.25, 0.3) is 0 Å². The molecule has 1 aromatic rings. The van der Waals surface area contributed by atoms with E-state index in [1.807, 2.05) is 0 Å². The Morgan fingerprint density at radius 2 is 2.24 bits per heavy atom. The number of aromatic nitrogens is 2. The molecule has 6 nitrogen and oxygen atoms in total. The number of ether oxygens (including phenoxy) is 3. The molecule has 1 aliphatic rings. The predicted octanol–water partition coefficient (Wildman–Crippen LogP) is 1.02. The van der Waals surface area contributed by atoms with Crippen LogP contribution in [0.25, 0.3) is 0 Å². The van der Waals surface area contributed by atoms with Gasteiger partial charge in [-0.1, -0.05) is 0 Å². The van der Waals surface area contributed by atoms with Gasteiger partial charge in [0.15, 0.2) is 5.69 Å². The molecule has 94 valence electrons. The number of rotatable bonds is 4. The highest BCUT2D eigenvalue weighted by molar-refractivity contribution is 5.55. The molecule has 2 rings (SSSR count). The molecule has 1 saturated heterocycles. The van der Waals surface area contributed by atoms with Crippen molar-refractivity contribution >= 4 is 5.69 Å². The lowest BCUT2D eigenvalue weighted by Gasteiger charge is -2.22. The Morgan fingerprint density at radius 1 is 1.41 bits per heavy atom. The summed E-state index contributed by atoms with van der Waals surface area (Å²) < 4.78 is 16.1. The Morgan fingerprint density at radius 3 is 2.94 bits per heavy atom. The summed E-state index contributed by atoms with van der Waals surface area (Å²) in [5, 5.41) is 0. The quantitative estimate of drug-likeness (QED) is 0.844.